The van der Waals surface area contributed by atoms with E-state index in [0.717, 1.165) is 43.9 Å². The minimum atomic E-state index is 0.0926. The Balaban J connectivity index is 1.64. The van der Waals surface area contributed by atoms with E-state index in [4.69, 9.17) is 15.5 Å². The highest BCUT2D eigenvalue weighted by molar-refractivity contribution is 5.94. The van der Waals surface area contributed by atoms with Crippen molar-refractivity contribution in [1.29, 1.82) is 10.5 Å². The number of anilines is 3. The van der Waals surface area contributed by atoms with Crippen molar-refractivity contribution in [2.75, 3.05) is 54.0 Å². The predicted molar refractivity (Wildman–Crippen MR) is 165 cm³/mol. The topological polar surface area (TPSA) is 105 Å². The number of nitriles is 2. The van der Waals surface area contributed by atoms with Gasteiger partial charge in [-0.1, -0.05) is 43.3 Å². The van der Waals surface area contributed by atoms with E-state index < -0.39 is 0 Å². The third kappa shape index (κ3) is 6.10. The van der Waals surface area contributed by atoms with Crippen LogP contribution in [-0.2, 0) is 17.7 Å². The van der Waals surface area contributed by atoms with Crippen LogP contribution in [0.2, 0.25) is 0 Å². The summed E-state index contributed by atoms with van der Waals surface area (Å²) in [6.07, 6.45) is 2.23. The number of fused-ring (bicyclic) bond motifs is 2. The van der Waals surface area contributed by atoms with Crippen LogP contribution in [0.4, 0.5) is 17.3 Å². The molecule has 1 saturated heterocycles. The average molecular weight is 552 g/mol. The van der Waals surface area contributed by atoms with Crippen molar-refractivity contribution in [3.63, 3.8) is 0 Å². The van der Waals surface area contributed by atoms with Gasteiger partial charge in [0.25, 0.3) is 0 Å². The van der Waals surface area contributed by atoms with Crippen LogP contribution >= 0.6 is 0 Å². The van der Waals surface area contributed by atoms with Crippen LogP contribution in [0.15, 0.2) is 42.5 Å². The summed E-state index contributed by atoms with van der Waals surface area (Å²) in [5.41, 5.74) is 10.0. The zero-order valence-corrected chi connectivity index (χ0v) is 24.5. The lowest BCUT2D eigenvalue weighted by Gasteiger charge is -2.40. The van der Waals surface area contributed by atoms with Gasteiger partial charge in [0, 0.05) is 62.3 Å². The van der Waals surface area contributed by atoms with Crippen LogP contribution in [-0.4, -0.2) is 56.5 Å². The zero-order chi connectivity index (χ0) is 28.9. The Bertz CT molecular complexity index is 1440. The molecule has 5 rings (SSSR count). The number of benzene rings is 2. The van der Waals surface area contributed by atoms with Gasteiger partial charge >= 0.3 is 0 Å². The van der Waals surface area contributed by atoms with E-state index in [1.165, 1.54) is 22.0 Å². The molecule has 0 radical (unpaired) electrons. The molecule has 3 aromatic rings. The molecule has 0 saturated carbocycles. The lowest BCUT2D eigenvalue weighted by molar-refractivity contribution is -0.00551. The molecule has 2 aliphatic heterocycles. The quantitative estimate of drug-likeness (QED) is 0.397. The summed E-state index contributed by atoms with van der Waals surface area (Å²) in [4.78, 5) is 12.3. The van der Waals surface area contributed by atoms with E-state index in [9.17, 15) is 10.5 Å². The third-order valence-corrected chi connectivity index (χ3v) is 8.19. The van der Waals surface area contributed by atoms with Gasteiger partial charge in [0.2, 0.25) is 0 Å². The Morgan fingerprint density at radius 3 is 2.56 bits per heavy atom. The molecule has 0 spiro atoms. The molecule has 2 aliphatic rings. The van der Waals surface area contributed by atoms with Crippen LogP contribution in [0, 0.1) is 28.6 Å². The monoisotopic (exact) mass is 551 g/mol. The van der Waals surface area contributed by atoms with Gasteiger partial charge in [-0.3, -0.25) is 0 Å². The lowest BCUT2D eigenvalue weighted by Crippen LogP contribution is -2.47. The maximum absolute atomic E-state index is 10.7. The molecule has 8 nitrogen and oxygen atoms in total. The number of rotatable bonds is 9. The van der Waals surface area contributed by atoms with E-state index in [-0.39, 0.29) is 18.1 Å². The Morgan fingerprint density at radius 1 is 1.07 bits per heavy atom. The van der Waals surface area contributed by atoms with Gasteiger partial charge in [-0.2, -0.15) is 10.5 Å². The molecule has 2 aromatic carbocycles. The molecule has 2 N–H and O–H groups in total. The highest BCUT2D eigenvalue weighted by atomic mass is 16.5. The SMILES string of the molecule is CC(CC#N)CN(CCCN)c1nc(N2CC(C)OC(C)C2)c2c(c1C#N)CN(c1cccc3ccccc13)CC2. The van der Waals surface area contributed by atoms with Crippen molar-refractivity contribution in [1.82, 2.24) is 4.98 Å². The van der Waals surface area contributed by atoms with Gasteiger partial charge in [-0.05, 0) is 56.2 Å². The van der Waals surface area contributed by atoms with Crippen molar-refractivity contribution in [2.45, 2.75) is 58.8 Å². The van der Waals surface area contributed by atoms with Gasteiger partial charge in [0.15, 0.2) is 0 Å². The molecule has 3 unspecified atom stereocenters. The molecular weight excluding hydrogens is 510 g/mol. The van der Waals surface area contributed by atoms with Gasteiger partial charge in [0.1, 0.15) is 17.7 Å². The van der Waals surface area contributed by atoms with E-state index >= 15 is 0 Å². The van der Waals surface area contributed by atoms with Gasteiger partial charge in [0.05, 0.1) is 23.8 Å². The molecule has 41 heavy (non-hydrogen) atoms. The second-order valence-corrected chi connectivity index (χ2v) is 11.6. The maximum Gasteiger partial charge on any atom is 0.149 e. The Kier molecular flexibility index (Phi) is 8.93. The summed E-state index contributed by atoms with van der Waals surface area (Å²) in [7, 11) is 0. The van der Waals surface area contributed by atoms with Gasteiger partial charge in [-0.25, -0.2) is 4.98 Å². The number of pyridine rings is 1. The summed E-state index contributed by atoms with van der Waals surface area (Å²) >= 11 is 0. The Morgan fingerprint density at radius 2 is 1.83 bits per heavy atom. The summed E-state index contributed by atoms with van der Waals surface area (Å²) in [6.45, 7) is 11.2. The summed E-state index contributed by atoms with van der Waals surface area (Å²) in [6, 6.07) is 19.8. The first-order valence-electron chi connectivity index (χ1n) is 14.8. The van der Waals surface area contributed by atoms with E-state index in [1.807, 2.05) is 0 Å². The zero-order valence-electron chi connectivity index (χ0n) is 24.5. The molecule has 3 heterocycles. The average Bonchev–Trinajstić information content (AvgIpc) is 2.97. The van der Waals surface area contributed by atoms with Gasteiger partial charge < -0.3 is 25.2 Å². The van der Waals surface area contributed by atoms with Crippen LogP contribution in [0.1, 0.15) is 50.3 Å². The van der Waals surface area contributed by atoms with Crippen LogP contribution in [0.3, 0.4) is 0 Å². The molecule has 0 aliphatic carbocycles. The fraction of sp³-hybridized carbons (Fsp3) is 0.485. The standard InChI is InChI=1S/C33H41N7O/c1-23(12-15-35)19-39(16-7-14-34)33-29(18-36)30-22-38(31-11-6-9-26-8-4-5-10-27(26)31)17-13-28(30)32(37-33)40-20-24(2)41-25(3)21-40/h4-6,8-11,23-25H,7,12-14,16-17,19-22,34H2,1-3H3. The maximum atomic E-state index is 10.7. The number of nitrogens with two attached hydrogens (primary N) is 1. The first kappa shape index (κ1) is 28.7. The minimum absolute atomic E-state index is 0.0926. The van der Waals surface area contributed by atoms with Crippen molar-refractivity contribution >= 4 is 28.1 Å². The molecule has 1 fully saturated rings. The molecule has 0 amide bonds. The normalized spacial score (nSPS) is 19.4. The van der Waals surface area contributed by atoms with Crippen molar-refractivity contribution in [3.05, 3.63) is 59.2 Å². The summed E-state index contributed by atoms with van der Waals surface area (Å²) in [5.74, 6) is 1.83. The molecule has 3 atom stereocenters. The number of nitrogens with zero attached hydrogens (tertiary/aromatic N) is 6. The smallest absolute Gasteiger partial charge is 0.149 e. The van der Waals surface area contributed by atoms with Crippen molar-refractivity contribution in [2.24, 2.45) is 11.7 Å². The number of hydrogen-bond donors (Lipinski definition) is 1. The van der Waals surface area contributed by atoms with Gasteiger partial charge in [-0.15, -0.1) is 0 Å². The summed E-state index contributed by atoms with van der Waals surface area (Å²) < 4.78 is 6.07. The Hall–Kier alpha value is -3.85. The van der Waals surface area contributed by atoms with E-state index in [1.54, 1.807) is 0 Å². The van der Waals surface area contributed by atoms with Crippen molar-refractivity contribution < 1.29 is 4.74 Å². The lowest BCUT2D eigenvalue weighted by atomic mass is 9.93. The molecule has 1 aromatic heterocycles. The molecular formula is C33H41N7O. The van der Waals surface area contributed by atoms with Crippen LogP contribution < -0.4 is 20.4 Å². The van der Waals surface area contributed by atoms with Crippen molar-refractivity contribution in [3.8, 4) is 12.1 Å². The molecule has 214 valence electrons. The fourth-order valence-corrected chi connectivity index (χ4v) is 6.41. The molecule has 0 bridgehead atoms. The first-order valence-corrected chi connectivity index (χ1v) is 14.8. The van der Waals surface area contributed by atoms with Crippen LogP contribution in [0.25, 0.3) is 10.8 Å². The summed E-state index contributed by atoms with van der Waals surface area (Å²) in [5, 5.41) is 22.4. The number of hydrogen-bond acceptors (Lipinski definition) is 8. The second-order valence-electron chi connectivity index (χ2n) is 11.6. The number of aromatic nitrogens is 1. The highest BCUT2D eigenvalue weighted by Crippen LogP contribution is 2.39. The fourth-order valence-electron chi connectivity index (χ4n) is 6.41. The molecule has 8 heteroatoms. The number of ether oxygens (including phenoxy) is 1. The highest BCUT2D eigenvalue weighted by Gasteiger charge is 2.33. The minimum Gasteiger partial charge on any atom is -0.372 e. The number of morpholine rings is 1. The second kappa shape index (κ2) is 12.8. The predicted octanol–water partition coefficient (Wildman–Crippen LogP) is 4.99. The van der Waals surface area contributed by atoms with E-state index in [0.29, 0.717) is 44.0 Å². The van der Waals surface area contributed by atoms with E-state index in [2.05, 4.69) is 90.1 Å². The first-order chi connectivity index (χ1) is 19.9. The largest absolute Gasteiger partial charge is 0.372 e. The Labute approximate surface area is 243 Å². The third-order valence-electron chi connectivity index (χ3n) is 8.19. The van der Waals surface area contributed by atoms with Crippen LogP contribution in [0.5, 0.6) is 0 Å².